The molecule has 0 bridgehead atoms. The molecule has 1 amide bonds. The van der Waals surface area contributed by atoms with Gasteiger partial charge < -0.3 is 5.32 Å². The Morgan fingerprint density at radius 3 is 2.67 bits per heavy atom. The summed E-state index contributed by atoms with van der Waals surface area (Å²) in [4.78, 5) is 17.4. The molecule has 0 spiro atoms. The molecule has 1 aliphatic rings. The van der Waals surface area contributed by atoms with Crippen molar-refractivity contribution < 1.29 is 13.2 Å². The molecule has 27 heavy (non-hydrogen) atoms. The number of thiophene rings is 1. The fourth-order valence-corrected chi connectivity index (χ4v) is 5.13. The minimum atomic E-state index is -3.83. The second-order valence-electron chi connectivity index (χ2n) is 7.08. The lowest BCUT2D eigenvalue weighted by atomic mass is 10.1. The maximum Gasteiger partial charge on any atom is 0.238 e. The molecule has 1 unspecified atom stereocenters. The number of amides is 1. The summed E-state index contributed by atoms with van der Waals surface area (Å²) in [6, 6.07) is 7.48. The molecule has 3 N–H and O–H groups in total. The van der Waals surface area contributed by atoms with Crippen LogP contribution in [0, 0.1) is 20.8 Å². The number of rotatable bonds is 5. The lowest BCUT2D eigenvalue weighted by Crippen LogP contribution is -2.33. The predicted octanol–water partition coefficient (Wildman–Crippen LogP) is 3.10. The van der Waals surface area contributed by atoms with Crippen LogP contribution in [0.25, 0.3) is 0 Å². The molecule has 1 saturated heterocycles. The van der Waals surface area contributed by atoms with Gasteiger partial charge in [0.25, 0.3) is 0 Å². The summed E-state index contributed by atoms with van der Waals surface area (Å²) in [5, 5.41) is 8.11. The van der Waals surface area contributed by atoms with Crippen molar-refractivity contribution in [2.24, 2.45) is 5.14 Å². The molecule has 8 heteroatoms. The highest BCUT2D eigenvalue weighted by atomic mass is 32.2. The van der Waals surface area contributed by atoms with Crippen molar-refractivity contribution in [3.8, 4) is 0 Å². The van der Waals surface area contributed by atoms with Crippen LogP contribution < -0.4 is 10.5 Å². The first-order valence-electron chi connectivity index (χ1n) is 8.89. The number of nitrogens with one attached hydrogen (secondary N) is 1. The van der Waals surface area contributed by atoms with Crippen molar-refractivity contribution in [2.75, 3.05) is 18.4 Å². The topological polar surface area (TPSA) is 92.5 Å². The molecule has 6 nitrogen and oxygen atoms in total. The Labute approximate surface area is 164 Å². The van der Waals surface area contributed by atoms with Crippen LogP contribution in [0.4, 0.5) is 5.69 Å². The minimum absolute atomic E-state index is 0.00834. The molecule has 0 radical (unpaired) electrons. The molecular weight excluding hydrogens is 382 g/mol. The van der Waals surface area contributed by atoms with Crippen LogP contribution in [0.5, 0.6) is 0 Å². The number of nitrogens with two attached hydrogens (primary N) is 1. The van der Waals surface area contributed by atoms with Crippen LogP contribution in [0.15, 0.2) is 29.2 Å². The highest BCUT2D eigenvalue weighted by Gasteiger charge is 2.28. The van der Waals surface area contributed by atoms with Gasteiger partial charge in [-0.3, -0.25) is 9.69 Å². The van der Waals surface area contributed by atoms with E-state index in [2.05, 4.69) is 29.3 Å². The van der Waals surface area contributed by atoms with Gasteiger partial charge >= 0.3 is 0 Å². The predicted molar refractivity (Wildman–Crippen MR) is 109 cm³/mol. The normalized spacial score (nSPS) is 18.0. The minimum Gasteiger partial charge on any atom is -0.325 e. The average Bonchev–Trinajstić information content (AvgIpc) is 3.19. The quantitative estimate of drug-likeness (QED) is 0.797. The third-order valence-electron chi connectivity index (χ3n) is 5.04. The van der Waals surface area contributed by atoms with Crippen molar-refractivity contribution in [1.82, 2.24) is 4.90 Å². The summed E-state index contributed by atoms with van der Waals surface area (Å²) in [7, 11) is -3.83. The first kappa shape index (κ1) is 20.0. The lowest BCUT2D eigenvalue weighted by molar-refractivity contribution is -0.117. The van der Waals surface area contributed by atoms with E-state index >= 15 is 0 Å². The number of hydrogen-bond acceptors (Lipinski definition) is 5. The number of hydrogen-bond donors (Lipinski definition) is 2. The largest absolute Gasteiger partial charge is 0.325 e. The van der Waals surface area contributed by atoms with Gasteiger partial charge in [0.05, 0.1) is 11.4 Å². The molecule has 3 rings (SSSR count). The summed E-state index contributed by atoms with van der Waals surface area (Å²) in [6.07, 6.45) is 2.11. The molecule has 1 atom stereocenters. The molecule has 0 aliphatic carbocycles. The second kappa shape index (κ2) is 7.71. The van der Waals surface area contributed by atoms with Crippen LogP contribution in [0.1, 0.15) is 39.8 Å². The number of primary sulfonamides is 1. The van der Waals surface area contributed by atoms with E-state index in [1.807, 2.05) is 6.92 Å². The van der Waals surface area contributed by atoms with E-state index in [-0.39, 0.29) is 23.4 Å². The fourth-order valence-electron chi connectivity index (χ4n) is 3.46. The molecule has 1 aromatic carbocycles. The van der Waals surface area contributed by atoms with E-state index < -0.39 is 10.0 Å². The molecule has 1 aromatic heterocycles. The first-order chi connectivity index (χ1) is 12.6. The second-order valence-corrected chi connectivity index (χ2v) is 9.96. The zero-order valence-electron chi connectivity index (χ0n) is 15.8. The van der Waals surface area contributed by atoms with E-state index in [9.17, 15) is 13.2 Å². The lowest BCUT2D eigenvalue weighted by Gasteiger charge is -2.23. The summed E-state index contributed by atoms with van der Waals surface area (Å²) < 4.78 is 23.3. The third-order valence-corrected chi connectivity index (χ3v) is 7.04. The van der Waals surface area contributed by atoms with E-state index in [0.717, 1.165) is 30.5 Å². The SMILES string of the molecule is Cc1ccc(C2CCCN2CC(=O)Nc2cc(S(N)(=O)=O)cc(C)c2C)s1. The Balaban J connectivity index is 1.75. The van der Waals surface area contributed by atoms with E-state index in [0.29, 0.717) is 5.69 Å². The van der Waals surface area contributed by atoms with Gasteiger partial charge in [0, 0.05) is 21.5 Å². The number of carbonyl (C=O) groups excluding carboxylic acids is 1. The number of anilines is 1. The Hall–Kier alpha value is -1.74. The zero-order chi connectivity index (χ0) is 19.8. The van der Waals surface area contributed by atoms with Crippen LogP contribution in [-0.2, 0) is 14.8 Å². The van der Waals surface area contributed by atoms with E-state index in [1.165, 1.54) is 21.9 Å². The van der Waals surface area contributed by atoms with Gasteiger partial charge in [-0.05, 0) is 75.5 Å². The zero-order valence-corrected chi connectivity index (χ0v) is 17.4. The van der Waals surface area contributed by atoms with Gasteiger partial charge in [0.2, 0.25) is 15.9 Å². The molecule has 1 aliphatic heterocycles. The molecule has 2 aromatic rings. The molecule has 146 valence electrons. The van der Waals surface area contributed by atoms with Crippen LogP contribution in [0.3, 0.4) is 0 Å². The van der Waals surface area contributed by atoms with Crippen molar-refractivity contribution >= 4 is 33.0 Å². The third kappa shape index (κ3) is 4.57. The Morgan fingerprint density at radius 1 is 1.30 bits per heavy atom. The molecule has 1 fully saturated rings. The maximum atomic E-state index is 12.6. The number of likely N-dealkylation sites (tertiary alicyclic amines) is 1. The van der Waals surface area contributed by atoms with Crippen molar-refractivity contribution in [3.63, 3.8) is 0 Å². The fraction of sp³-hybridized carbons (Fsp3) is 0.421. The van der Waals surface area contributed by atoms with Crippen LogP contribution in [0.2, 0.25) is 0 Å². The van der Waals surface area contributed by atoms with Gasteiger partial charge in [-0.1, -0.05) is 0 Å². The van der Waals surface area contributed by atoms with Crippen molar-refractivity contribution in [3.05, 3.63) is 45.1 Å². The molecular formula is C19H25N3O3S2. The highest BCUT2D eigenvalue weighted by molar-refractivity contribution is 7.89. The number of benzene rings is 1. The molecule has 2 heterocycles. The standard InChI is InChI=1S/C19H25N3O3S2/c1-12-9-15(27(20,24)25)10-16(14(12)3)21-19(23)11-22-8-4-5-17(22)18-7-6-13(2)26-18/h6-7,9-10,17H,4-5,8,11H2,1-3H3,(H,21,23)(H2,20,24,25). The summed E-state index contributed by atoms with van der Waals surface area (Å²) >= 11 is 1.77. The highest BCUT2D eigenvalue weighted by Crippen LogP contribution is 2.35. The number of nitrogens with zero attached hydrogens (tertiary/aromatic N) is 1. The summed E-state index contributed by atoms with van der Waals surface area (Å²) in [6.45, 7) is 6.90. The van der Waals surface area contributed by atoms with Gasteiger partial charge in [-0.25, -0.2) is 13.6 Å². The van der Waals surface area contributed by atoms with Crippen LogP contribution in [-0.4, -0.2) is 32.3 Å². The van der Waals surface area contributed by atoms with E-state index in [1.54, 1.807) is 18.3 Å². The van der Waals surface area contributed by atoms with Crippen molar-refractivity contribution in [1.29, 1.82) is 0 Å². The van der Waals surface area contributed by atoms with Gasteiger partial charge in [0.15, 0.2) is 0 Å². The monoisotopic (exact) mass is 407 g/mol. The first-order valence-corrected chi connectivity index (χ1v) is 11.3. The smallest absolute Gasteiger partial charge is 0.238 e. The number of aryl methyl sites for hydroxylation is 2. The number of sulfonamides is 1. The Kier molecular flexibility index (Phi) is 5.71. The van der Waals surface area contributed by atoms with Crippen LogP contribution >= 0.6 is 11.3 Å². The Bertz CT molecular complexity index is 967. The number of carbonyl (C=O) groups is 1. The van der Waals surface area contributed by atoms with Crippen molar-refractivity contribution in [2.45, 2.75) is 44.6 Å². The molecule has 0 saturated carbocycles. The van der Waals surface area contributed by atoms with E-state index in [4.69, 9.17) is 5.14 Å². The summed E-state index contributed by atoms with van der Waals surface area (Å²) in [5.74, 6) is -0.149. The maximum absolute atomic E-state index is 12.6. The Morgan fingerprint density at radius 2 is 2.04 bits per heavy atom. The van der Waals surface area contributed by atoms with Gasteiger partial charge in [-0.15, -0.1) is 11.3 Å². The van der Waals surface area contributed by atoms with Gasteiger partial charge in [0.1, 0.15) is 0 Å². The summed E-state index contributed by atoms with van der Waals surface area (Å²) in [5.41, 5.74) is 2.10. The average molecular weight is 408 g/mol. The van der Waals surface area contributed by atoms with Gasteiger partial charge in [-0.2, -0.15) is 0 Å².